The number of aromatic nitrogens is 2. The summed E-state index contributed by atoms with van der Waals surface area (Å²) in [6.45, 7) is 4.46. The molecule has 188 valence electrons. The van der Waals surface area contributed by atoms with Gasteiger partial charge in [-0.1, -0.05) is 127 Å². The first-order chi connectivity index (χ1) is 19.1. The molecular weight excluding hydrogens is 472 g/mol. The maximum Gasteiger partial charge on any atom is 0.0706 e. The minimum atomic E-state index is -0.464. The van der Waals surface area contributed by atoms with E-state index in [1.807, 2.05) is 12.1 Å². The predicted octanol–water partition coefficient (Wildman–Crippen LogP) is 9.47. The molecule has 0 aliphatic heterocycles. The van der Waals surface area contributed by atoms with E-state index in [4.69, 9.17) is 9.97 Å². The molecule has 2 heteroatoms. The Morgan fingerprint density at radius 1 is 0.385 bits per heavy atom. The minimum absolute atomic E-state index is 0.464. The van der Waals surface area contributed by atoms with E-state index in [9.17, 15) is 0 Å². The second-order valence-corrected chi connectivity index (χ2v) is 10.3. The Hall–Kier alpha value is -4.82. The lowest BCUT2D eigenvalue weighted by molar-refractivity contribution is 0.599. The first kappa shape index (κ1) is 24.5. The molecule has 0 unspecified atom stereocenters. The Bertz CT molecular complexity index is 1710. The molecule has 0 bridgehead atoms. The number of benzene rings is 4. The van der Waals surface area contributed by atoms with Crippen molar-refractivity contribution in [1.29, 1.82) is 0 Å². The van der Waals surface area contributed by atoms with E-state index in [0.29, 0.717) is 0 Å². The Morgan fingerprint density at radius 3 is 1.51 bits per heavy atom. The van der Waals surface area contributed by atoms with Crippen LogP contribution in [0.2, 0.25) is 0 Å². The average molecular weight is 503 g/mol. The predicted molar refractivity (Wildman–Crippen MR) is 162 cm³/mol. The average Bonchev–Trinajstić information content (AvgIpc) is 3.02. The molecule has 6 aromatic rings. The standard InChI is InChI=1S/C37H30N2/c1-37(2,35-24-14-23-33(38-35)28-17-8-4-9-18-28)36-32(25-26-34(39-36)29-19-10-5-11-20-29)31-22-13-12-21-30(31)27-15-6-3-7-16-27/h3-26H,1-2H3. The third-order valence-corrected chi connectivity index (χ3v) is 7.32. The van der Waals surface area contributed by atoms with Crippen LogP contribution in [0.1, 0.15) is 25.2 Å². The molecule has 2 nitrogen and oxygen atoms in total. The quantitative estimate of drug-likeness (QED) is 0.227. The smallest absolute Gasteiger partial charge is 0.0706 e. The highest BCUT2D eigenvalue weighted by atomic mass is 14.8. The van der Waals surface area contributed by atoms with Crippen molar-refractivity contribution in [3.05, 3.63) is 157 Å². The van der Waals surface area contributed by atoms with Crippen molar-refractivity contribution in [2.75, 3.05) is 0 Å². The highest BCUT2D eigenvalue weighted by molar-refractivity contribution is 5.85. The SMILES string of the molecule is CC(C)(c1cccc(-c2ccccc2)n1)c1nc(-c2ccccc2)ccc1-c1ccccc1-c1ccccc1. The zero-order chi connectivity index (χ0) is 26.7. The number of pyridine rings is 2. The van der Waals surface area contributed by atoms with Gasteiger partial charge in [-0.2, -0.15) is 0 Å². The van der Waals surface area contributed by atoms with Gasteiger partial charge in [-0.3, -0.25) is 9.97 Å². The van der Waals surface area contributed by atoms with Gasteiger partial charge >= 0.3 is 0 Å². The normalized spacial score (nSPS) is 11.3. The maximum atomic E-state index is 5.36. The van der Waals surface area contributed by atoms with Crippen LogP contribution in [0.25, 0.3) is 44.8 Å². The van der Waals surface area contributed by atoms with Crippen LogP contribution < -0.4 is 0 Å². The molecule has 4 aromatic carbocycles. The van der Waals surface area contributed by atoms with Gasteiger partial charge in [0.15, 0.2) is 0 Å². The molecule has 0 radical (unpaired) electrons. The molecule has 6 rings (SSSR count). The summed E-state index contributed by atoms with van der Waals surface area (Å²) in [6.07, 6.45) is 0. The third-order valence-electron chi connectivity index (χ3n) is 7.32. The topological polar surface area (TPSA) is 25.8 Å². The molecule has 0 saturated heterocycles. The van der Waals surface area contributed by atoms with E-state index >= 15 is 0 Å². The van der Waals surface area contributed by atoms with Crippen LogP contribution >= 0.6 is 0 Å². The fourth-order valence-corrected chi connectivity index (χ4v) is 5.18. The van der Waals surface area contributed by atoms with Gasteiger partial charge < -0.3 is 0 Å². The van der Waals surface area contributed by atoms with Crippen molar-refractivity contribution >= 4 is 0 Å². The Morgan fingerprint density at radius 2 is 0.897 bits per heavy atom. The van der Waals surface area contributed by atoms with E-state index in [2.05, 4.69) is 147 Å². The van der Waals surface area contributed by atoms with Gasteiger partial charge in [0.2, 0.25) is 0 Å². The van der Waals surface area contributed by atoms with Gasteiger partial charge in [0.1, 0.15) is 0 Å². The van der Waals surface area contributed by atoms with Crippen LogP contribution in [0, 0.1) is 0 Å². The third kappa shape index (κ3) is 4.89. The molecule has 0 aliphatic rings. The number of rotatable bonds is 6. The fraction of sp³-hybridized carbons (Fsp3) is 0.0811. The summed E-state index contributed by atoms with van der Waals surface area (Å²) in [6, 6.07) is 50.6. The summed E-state index contributed by atoms with van der Waals surface area (Å²) in [4.78, 5) is 10.5. The zero-order valence-corrected chi connectivity index (χ0v) is 22.3. The minimum Gasteiger partial charge on any atom is -0.252 e. The molecule has 0 N–H and O–H groups in total. The number of hydrogen-bond acceptors (Lipinski definition) is 2. The summed E-state index contributed by atoms with van der Waals surface area (Å²) in [7, 11) is 0. The van der Waals surface area contributed by atoms with Crippen LogP contribution in [0.15, 0.2) is 146 Å². The number of hydrogen-bond donors (Lipinski definition) is 0. The molecule has 0 amide bonds. The molecule has 0 spiro atoms. The lowest BCUT2D eigenvalue weighted by Gasteiger charge is -2.28. The lowest BCUT2D eigenvalue weighted by Crippen LogP contribution is -2.24. The van der Waals surface area contributed by atoms with Crippen molar-refractivity contribution < 1.29 is 0 Å². The van der Waals surface area contributed by atoms with E-state index in [1.54, 1.807) is 0 Å². The first-order valence-corrected chi connectivity index (χ1v) is 13.4. The van der Waals surface area contributed by atoms with Crippen molar-refractivity contribution in [3.63, 3.8) is 0 Å². The van der Waals surface area contributed by atoms with E-state index in [1.165, 1.54) is 11.1 Å². The highest BCUT2D eigenvalue weighted by Gasteiger charge is 2.31. The molecular formula is C37H30N2. The maximum absolute atomic E-state index is 5.36. The fourth-order valence-electron chi connectivity index (χ4n) is 5.18. The summed E-state index contributed by atoms with van der Waals surface area (Å²) in [5.74, 6) is 0. The van der Waals surface area contributed by atoms with Gasteiger partial charge in [0.25, 0.3) is 0 Å². The van der Waals surface area contributed by atoms with Gasteiger partial charge in [0, 0.05) is 22.1 Å². The van der Waals surface area contributed by atoms with Crippen molar-refractivity contribution in [2.45, 2.75) is 19.3 Å². The Labute approximate surface area is 230 Å². The monoisotopic (exact) mass is 502 g/mol. The van der Waals surface area contributed by atoms with Crippen LogP contribution in [0.3, 0.4) is 0 Å². The molecule has 0 fully saturated rings. The van der Waals surface area contributed by atoms with Gasteiger partial charge in [0.05, 0.1) is 22.8 Å². The molecule has 0 saturated carbocycles. The summed E-state index contributed by atoms with van der Waals surface area (Å²) < 4.78 is 0. The number of nitrogens with zero attached hydrogens (tertiary/aromatic N) is 2. The molecule has 2 aromatic heterocycles. The summed E-state index contributed by atoms with van der Waals surface area (Å²) in [5, 5.41) is 0. The van der Waals surface area contributed by atoms with Crippen molar-refractivity contribution in [3.8, 4) is 44.8 Å². The van der Waals surface area contributed by atoms with E-state index in [0.717, 1.165) is 45.0 Å². The van der Waals surface area contributed by atoms with Crippen molar-refractivity contribution in [1.82, 2.24) is 9.97 Å². The van der Waals surface area contributed by atoms with Crippen LogP contribution in [-0.4, -0.2) is 9.97 Å². The van der Waals surface area contributed by atoms with Crippen LogP contribution in [0.4, 0.5) is 0 Å². The Balaban J connectivity index is 1.56. The second kappa shape index (κ2) is 10.5. The zero-order valence-electron chi connectivity index (χ0n) is 22.3. The van der Waals surface area contributed by atoms with Gasteiger partial charge in [-0.05, 0) is 48.7 Å². The van der Waals surface area contributed by atoms with Crippen molar-refractivity contribution in [2.24, 2.45) is 0 Å². The van der Waals surface area contributed by atoms with Gasteiger partial charge in [-0.25, -0.2) is 0 Å². The van der Waals surface area contributed by atoms with Crippen LogP contribution in [0.5, 0.6) is 0 Å². The highest BCUT2D eigenvalue weighted by Crippen LogP contribution is 2.41. The molecule has 2 heterocycles. The largest absolute Gasteiger partial charge is 0.252 e. The summed E-state index contributed by atoms with van der Waals surface area (Å²) >= 11 is 0. The van der Waals surface area contributed by atoms with Gasteiger partial charge in [-0.15, -0.1) is 0 Å². The molecule has 0 aliphatic carbocycles. The Kier molecular flexibility index (Phi) is 6.61. The second-order valence-electron chi connectivity index (χ2n) is 10.3. The van der Waals surface area contributed by atoms with E-state index < -0.39 is 5.41 Å². The molecule has 0 atom stereocenters. The van der Waals surface area contributed by atoms with Crippen LogP contribution in [-0.2, 0) is 5.41 Å². The first-order valence-electron chi connectivity index (χ1n) is 13.4. The van der Waals surface area contributed by atoms with E-state index in [-0.39, 0.29) is 0 Å². The summed E-state index contributed by atoms with van der Waals surface area (Å²) in [5.41, 5.74) is 10.3. The molecule has 39 heavy (non-hydrogen) atoms. The lowest BCUT2D eigenvalue weighted by atomic mass is 9.79.